The predicted octanol–water partition coefficient (Wildman–Crippen LogP) is 8.31. The highest BCUT2D eigenvalue weighted by atomic mass is 32.1. The fourth-order valence-corrected chi connectivity index (χ4v) is 9.97. The Hall–Kier alpha value is -7.19. The number of benzene rings is 4. The van der Waals surface area contributed by atoms with Crippen molar-refractivity contribution in [2.45, 2.75) is 96.9 Å². The maximum absolute atomic E-state index is 14.1. The summed E-state index contributed by atoms with van der Waals surface area (Å²) in [5, 5.41) is 6.35. The van der Waals surface area contributed by atoms with Crippen molar-refractivity contribution in [3.63, 3.8) is 0 Å². The Morgan fingerprint density at radius 2 is 1.52 bits per heavy atom. The normalized spacial score (nSPS) is 14.1. The van der Waals surface area contributed by atoms with Crippen LogP contribution in [-0.2, 0) is 60.7 Å². The number of amides is 4. The number of carbonyl (C=O) groups excluding carboxylic acids is 6. The summed E-state index contributed by atoms with van der Waals surface area (Å²) in [7, 11) is 3.13. The molecule has 0 saturated carbocycles. The third kappa shape index (κ3) is 18.4. The molecule has 19 heteroatoms. The quantitative estimate of drug-likeness (QED) is 0.0172. The maximum atomic E-state index is 14.1. The zero-order chi connectivity index (χ0) is 57.3. The molecule has 1 aliphatic heterocycles. The lowest BCUT2D eigenvalue weighted by Crippen LogP contribution is -2.53. The van der Waals surface area contributed by atoms with Crippen LogP contribution in [0.15, 0.2) is 110 Å². The first-order valence-electron chi connectivity index (χ1n) is 27.4. The van der Waals surface area contributed by atoms with Crippen LogP contribution in [0.25, 0.3) is 10.2 Å². The van der Waals surface area contributed by atoms with Gasteiger partial charge in [0.05, 0.1) is 50.9 Å². The van der Waals surface area contributed by atoms with E-state index < -0.39 is 41.3 Å². The second kappa shape index (κ2) is 32.2. The van der Waals surface area contributed by atoms with Crippen molar-refractivity contribution in [3.8, 4) is 17.2 Å². The molecule has 0 spiro atoms. The zero-order valence-electron chi connectivity index (χ0n) is 46.7. The van der Waals surface area contributed by atoms with Gasteiger partial charge in [-0.25, -0.2) is 9.78 Å². The number of hydrogen-bond acceptors (Lipinski definition) is 15. The lowest BCUT2D eigenvalue weighted by Gasteiger charge is -2.36. The number of methoxy groups -OCH3 is 2. The highest BCUT2D eigenvalue weighted by Gasteiger charge is 2.41. The van der Waals surface area contributed by atoms with E-state index in [2.05, 4.69) is 17.2 Å². The zero-order valence-corrected chi connectivity index (χ0v) is 47.6. The first kappa shape index (κ1) is 62.0. The van der Waals surface area contributed by atoms with E-state index in [1.165, 1.54) is 27.2 Å². The third-order valence-corrected chi connectivity index (χ3v) is 14.9. The van der Waals surface area contributed by atoms with Gasteiger partial charge in [0.1, 0.15) is 22.9 Å². The molecule has 4 aromatic carbocycles. The summed E-state index contributed by atoms with van der Waals surface area (Å²) in [6, 6.07) is 28.0. The molecule has 430 valence electrons. The van der Waals surface area contributed by atoms with E-state index in [0.717, 1.165) is 21.3 Å². The summed E-state index contributed by atoms with van der Waals surface area (Å²) in [5.41, 5.74) is 2.38. The number of fused-ring (bicyclic) bond motifs is 1. The Balaban J connectivity index is 0.896. The highest BCUT2D eigenvalue weighted by Crippen LogP contribution is 2.34. The molecule has 1 aromatic heterocycles. The molecule has 1 unspecified atom stereocenters. The van der Waals surface area contributed by atoms with Crippen molar-refractivity contribution in [1.82, 2.24) is 25.4 Å². The van der Waals surface area contributed by atoms with Gasteiger partial charge in [-0.15, -0.1) is 11.3 Å². The number of likely N-dealkylation sites (tertiary alicyclic amines) is 1. The van der Waals surface area contributed by atoms with Gasteiger partial charge in [-0.2, -0.15) is 0 Å². The molecule has 3 atom stereocenters. The summed E-state index contributed by atoms with van der Waals surface area (Å²) in [5.74, 6) is -1.28. The number of nitrogens with zero attached hydrogens (tertiary/aromatic N) is 3. The van der Waals surface area contributed by atoms with E-state index in [9.17, 15) is 28.8 Å². The van der Waals surface area contributed by atoms with Crippen LogP contribution in [0, 0.1) is 5.41 Å². The average molecular weight is 1120 g/mol. The average Bonchev–Trinajstić information content (AvgIpc) is 3.95. The molecule has 6 rings (SSSR count). The number of thiazole rings is 1. The minimum atomic E-state index is -0.957. The molecular weight excluding hydrogens is 1040 g/mol. The lowest BCUT2D eigenvalue weighted by atomic mass is 9.84. The molecule has 18 nitrogen and oxygen atoms in total. The summed E-state index contributed by atoms with van der Waals surface area (Å²) < 4.78 is 41.2. The Labute approximate surface area is 473 Å². The number of aromatic nitrogens is 1. The van der Waals surface area contributed by atoms with E-state index in [0.29, 0.717) is 132 Å². The monoisotopic (exact) mass is 1120 g/mol. The van der Waals surface area contributed by atoms with E-state index in [-0.39, 0.29) is 37.4 Å². The van der Waals surface area contributed by atoms with Gasteiger partial charge in [-0.3, -0.25) is 24.0 Å². The summed E-state index contributed by atoms with van der Waals surface area (Å²) >= 11 is 1.38. The van der Waals surface area contributed by atoms with Crippen molar-refractivity contribution >= 4 is 56.9 Å². The largest absolute Gasteiger partial charge is 0.493 e. The number of carbonyl (C=O) groups is 6. The molecule has 2 heterocycles. The third-order valence-electron chi connectivity index (χ3n) is 13.8. The SMILES string of the molecule is C=CC(=O)N(CCCOCCOCCOCCCNC(=O)COc1cccc([C@@H](CCc2ccc(OC)c(OC)c2)OC(=O)[C@@H]2CCCCN2C(=O)C(=O)C(C)(C)CC)c1)C(C(=O)NCc1ccccc1)c1nc2ccccc2s1. The smallest absolute Gasteiger partial charge is 0.329 e. The van der Waals surface area contributed by atoms with Crippen molar-refractivity contribution in [1.29, 1.82) is 0 Å². The number of para-hydroxylation sites is 1. The molecule has 2 N–H and O–H groups in total. The summed E-state index contributed by atoms with van der Waals surface area (Å²) in [6.45, 7) is 12.0. The van der Waals surface area contributed by atoms with Crippen molar-refractivity contribution < 1.29 is 61.9 Å². The second-order valence-corrected chi connectivity index (χ2v) is 20.9. The molecule has 0 aliphatic carbocycles. The predicted molar refractivity (Wildman–Crippen MR) is 304 cm³/mol. The van der Waals surface area contributed by atoms with Crippen molar-refractivity contribution in [2.75, 3.05) is 80.1 Å². The number of ketones is 1. The molecule has 4 amide bonds. The Bertz CT molecular complexity index is 2790. The van der Waals surface area contributed by atoms with Crippen LogP contribution in [0.2, 0.25) is 0 Å². The highest BCUT2D eigenvalue weighted by molar-refractivity contribution is 7.18. The van der Waals surface area contributed by atoms with Gasteiger partial charge in [0.15, 0.2) is 24.1 Å². The van der Waals surface area contributed by atoms with E-state index in [4.69, 9.17) is 38.1 Å². The van der Waals surface area contributed by atoms with Gasteiger partial charge < -0.3 is 53.6 Å². The number of aryl methyl sites for hydroxylation is 1. The van der Waals surface area contributed by atoms with Crippen LogP contribution in [0.5, 0.6) is 17.2 Å². The van der Waals surface area contributed by atoms with E-state index in [1.54, 1.807) is 46.3 Å². The van der Waals surface area contributed by atoms with Crippen LogP contribution in [-0.4, -0.2) is 136 Å². The summed E-state index contributed by atoms with van der Waals surface area (Å²) in [6.07, 6.45) is 4.58. The second-order valence-electron chi connectivity index (χ2n) is 19.8. The number of esters is 1. The fraction of sp³-hybridized carbons (Fsp3) is 0.459. The number of rotatable bonds is 34. The lowest BCUT2D eigenvalue weighted by molar-refractivity contribution is -0.164. The molecule has 5 aromatic rings. The first-order chi connectivity index (χ1) is 38.8. The van der Waals surface area contributed by atoms with E-state index >= 15 is 0 Å². The number of hydrogen-bond donors (Lipinski definition) is 2. The Morgan fingerprint density at radius 1 is 0.812 bits per heavy atom. The van der Waals surface area contributed by atoms with Crippen LogP contribution in [0.1, 0.15) is 99.6 Å². The van der Waals surface area contributed by atoms with Gasteiger partial charge in [0, 0.05) is 44.8 Å². The molecule has 1 fully saturated rings. The number of Topliss-reactive ketones (excluding diaryl/α,β-unsaturated/α-hetero) is 1. The Morgan fingerprint density at radius 3 is 2.24 bits per heavy atom. The topological polar surface area (TPSA) is 210 Å². The van der Waals surface area contributed by atoms with Gasteiger partial charge in [0.25, 0.3) is 11.8 Å². The number of ether oxygens (including phenoxy) is 7. The molecule has 1 aliphatic rings. The maximum Gasteiger partial charge on any atom is 0.329 e. The van der Waals surface area contributed by atoms with Gasteiger partial charge >= 0.3 is 5.97 Å². The minimum absolute atomic E-state index is 0.238. The van der Waals surface area contributed by atoms with Crippen molar-refractivity contribution in [2.24, 2.45) is 5.41 Å². The number of nitrogens with one attached hydrogen (secondary N) is 2. The van der Waals surface area contributed by atoms with Gasteiger partial charge in [-0.05, 0) is 111 Å². The van der Waals surface area contributed by atoms with E-state index in [1.807, 2.05) is 85.8 Å². The molecule has 80 heavy (non-hydrogen) atoms. The summed E-state index contributed by atoms with van der Waals surface area (Å²) in [4.78, 5) is 88.4. The molecule has 0 bridgehead atoms. The van der Waals surface area contributed by atoms with Crippen LogP contribution < -0.4 is 24.8 Å². The van der Waals surface area contributed by atoms with Crippen molar-refractivity contribution in [3.05, 3.63) is 131 Å². The molecule has 0 radical (unpaired) electrons. The van der Waals surface area contributed by atoms with Gasteiger partial charge in [-0.1, -0.05) is 88.0 Å². The molecular formula is C61H77N5O13S. The van der Waals surface area contributed by atoms with Crippen LogP contribution in [0.4, 0.5) is 0 Å². The van der Waals surface area contributed by atoms with Crippen LogP contribution >= 0.6 is 11.3 Å². The van der Waals surface area contributed by atoms with Gasteiger partial charge in [0.2, 0.25) is 17.6 Å². The Kier molecular flexibility index (Phi) is 24.9. The fourth-order valence-electron chi connectivity index (χ4n) is 8.89. The number of piperidine rings is 1. The molecule has 1 saturated heterocycles. The standard InChI is InChI=1S/C61H77N5O13S/c1-7-54(68)66(55(57(70)63-41-44-19-10-9-11-20-44)58-64-47-23-12-13-25-52(47)80-58)32-18-34-76-36-38-77-37-35-75-33-17-30-62-53(67)42-78-46-22-16-21-45(40-46)49(28-26-43-27-29-50(73-5)51(39-43)74-6)79-60(72)48-24-14-15-31-65(48)59(71)56(69)61(3,4)8-2/h7,9-13,16,19-23,25,27,29,39-40,48-49,55H,1,8,14-15,17-18,24,26,28,30-38,41-42H2,2-6H3,(H,62,67)(H,63,70)/t48-,49+,55?/m0/s1. The minimum Gasteiger partial charge on any atom is -0.493 e. The van der Waals surface area contributed by atoms with Crippen LogP contribution in [0.3, 0.4) is 0 Å². The first-order valence-corrected chi connectivity index (χ1v) is 28.2.